The van der Waals surface area contributed by atoms with Crippen molar-refractivity contribution in [2.75, 3.05) is 13.6 Å². The molecule has 0 saturated carbocycles. The second-order valence-corrected chi connectivity index (χ2v) is 3.81. The van der Waals surface area contributed by atoms with Gasteiger partial charge in [0.05, 0.1) is 6.54 Å². The van der Waals surface area contributed by atoms with E-state index in [0.29, 0.717) is 17.5 Å². The molecule has 1 atom stereocenters. The second-order valence-electron chi connectivity index (χ2n) is 3.38. The molecule has 4 nitrogen and oxygen atoms in total. The van der Waals surface area contributed by atoms with Crippen molar-refractivity contribution in [3.05, 3.63) is 29.3 Å². The van der Waals surface area contributed by atoms with Crippen molar-refractivity contribution in [3.8, 4) is 5.75 Å². The zero-order valence-electron chi connectivity index (χ0n) is 9.81. The molecule has 17 heavy (non-hydrogen) atoms. The van der Waals surface area contributed by atoms with Gasteiger partial charge >= 0.3 is 0 Å². The van der Waals surface area contributed by atoms with Crippen LogP contribution in [0.25, 0.3) is 0 Å². The number of benzene rings is 1. The lowest BCUT2D eigenvalue weighted by molar-refractivity contribution is 0.224. The van der Waals surface area contributed by atoms with Gasteiger partial charge < -0.3 is 15.8 Å². The van der Waals surface area contributed by atoms with Gasteiger partial charge in [-0.3, -0.25) is 4.99 Å². The lowest BCUT2D eigenvalue weighted by atomic mass is 10.3. The molecular weight excluding hydrogens is 352 g/mol. The maximum absolute atomic E-state index is 5.84. The Morgan fingerprint density at radius 1 is 1.59 bits per heavy atom. The summed E-state index contributed by atoms with van der Waals surface area (Å²) in [6.45, 7) is 2.53. The maximum Gasteiger partial charge on any atom is 0.188 e. The van der Waals surface area contributed by atoms with Gasteiger partial charge in [-0.15, -0.1) is 24.0 Å². The summed E-state index contributed by atoms with van der Waals surface area (Å²) in [5.41, 5.74) is 5.50. The minimum atomic E-state index is -0.0150. The normalized spacial score (nSPS) is 12.5. The van der Waals surface area contributed by atoms with Crippen LogP contribution in [0.15, 0.2) is 29.3 Å². The Morgan fingerprint density at radius 2 is 2.29 bits per heavy atom. The van der Waals surface area contributed by atoms with E-state index in [1.165, 1.54) is 0 Å². The molecule has 0 aliphatic rings. The Balaban J connectivity index is 0.00000256. The molecule has 0 aromatic heterocycles. The van der Waals surface area contributed by atoms with E-state index in [0.717, 1.165) is 5.75 Å². The van der Waals surface area contributed by atoms with Crippen LogP contribution >= 0.6 is 35.6 Å². The summed E-state index contributed by atoms with van der Waals surface area (Å²) in [6.07, 6.45) is -0.0150. The largest absolute Gasteiger partial charge is 0.489 e. The summed E-state index contributed by atoms with van der Waals surface area (Å²) in [6, 6.07) is 7.29. The molecule has 6 heteroatoms. The average Bonchev–Trinajstić information content (AvgIpc) is 2.26. The zero-order valence-corrected chi connectivity index (χ0v) is 12.9. The number of rotatable bonds is 4. The lowest BCUT2D eigenvalue weighted by Gasteiger charge is -2.15. The summed E-state index contributed by atoms with van der Waals surface area (Å²) in [5, 5.41) is 3.60. The van der Waals surface area contributed by atoms with Crippen LogP contribution in [0, 0.1) is 0 Å². The lowest BCUT2D eigenvalue weighted by Crippen LogP contribution is -2.38. The topological polar surface area (TPSA) is 59.6 Å². The third kappa shape index (κ3) is 6.58. The van der Waals surface area contributed by atoms with Crippen molar-refractivity contribution in [1.82, 2.24) is 5.32 Å². The fourth-order valence-electron chi connectivity index (χ4n) is 1.14. The van der Waals surface area contributed by atoms with Gasteiger partial charge in [0.15, 0.2) is 5.96 Å². The first-order valence-corrected chi connectivity index (χ1v) is 5.38. The molecule has 3 N–H and O–H groups in total. The first kappa shape index (κ1) is 16.3. The standard InChI is InChI=1S/C11H16ClN3O.HI/c1-8(7-15-11(13)14-2)16-10-5-3-4-9(12)6-10;/h3-6,8H,7H2,1-2H3,(H3,13,14,15);1H. The van der Waals surface area contributed by atoms with Gasteiger partial charge in [-0.1, -0.05) is 17.7 Å². The number of nitrogens with zero attached hydrogens (tertiary/aromatic N) is 1. The van der Waals surface area contributed by atoms with Crippen molar-refractivity contribution >= 4 is 41.5 Å². The Bertz CT molecular complexity index is 373. The summed E-state index contributed by atoms with van der Waals surface area (Å²) >= 11 is 5.84. The molecule has 0 aliphatic carbocycles. The number of hydrogen-bond acceptors (Lipinski definition) is 2. The molecule has 1 rings (SSSR count). The highest BCUT2D eigenvalue weighted by Gasteiger charge is 2.04. The number of ether oxygens (including phenoxy) is 1. The van der Waals surface area contributed by atoms with Gasteiger partial charge in [0.25, 0.3) is 0 Å². The van der Waals surface area contributed by atoms with Crippen LogP contribution in [0.1, 0.15) is 6.92 Å². The van der Waals surface area contributed by atoms with E-state index < -0.39 is 0 Å². The maximum atomic E-state index is 5.84. The molecule has 0 spiro atoms. The van der Waals surface area contributed by atoms with Crippen molar-refractivity contribution in [3.63, 3.8) is 0 Å². The predicted molar refractivity (Wildman–Crippen MR) is 82.5 cm³/mol. The highest BCUT2D eigenvalue weighted by molar-refractivity contribution is 14.0. The molecule has 0 saturated heterocycles. The van der Waals surface area contributed by atoms with Gasteiger partial charge in [-0.2, -0.15) is 0 Å². The molecule has 0 aliphatic heterocycles. The predicted octanol–water partition coefficient (Wildman–Crippen LogP) is 2.26. The Labute approximate surface area is 124 Å². The zero-order chi connectivity index (χ0) is 12.0. The highest BCUT2D eigenvalue weighted by Crippen LogP contribution is 2.17. The molecule has 0 radical (unpaired) electrons. The number of aliphatic imine (C=N–C) groups is 1. The van der Waals surface area contributed by atoms with Crippen LogP contribution in [0.4, 0.5) is 0 Å². The molecular formula is C11H17ClIN3O. The summed E-state index contributed by atoms with van der Waals surface area (Å²) in [7, 11) is 1.63. The van der Waals surface area contributed by atoms with Crippen molar-refractivity contribution in [1.29, 1.82) is 0 Å². The van der Waals surface area contributed by atoms with Crippen LogP contribution < -0.4 is 15.8 Å². The molecule has 0 amide bonds. The van der Waals surface area contributed by atoms with Gasteiger partial charge in [-0.25, -0.2) is 0 Å². The number of guanidine groups is 1. The van der Waals surface area contributed by atoms with Crippen molar-refractivity contribution < 1.29 is 4.74 Å². The average molecular weight is 370 g/mol. The summed E-state index contributed by atoms with van der Waals surface area (Å²) in [4.78, 5) is 3.79. The minimum Gasteiger partial charge on any atom is -0.489 e. The summed E-state index contributed by atoms with van der Waals surface area (Å²) in [5.74, 6) is 1.15. The van der Waals surface area contributed by atoms with E-state index in [1.807, 2.05) is 19.1 Å². The Hall–Kier alpha value is -0.690. The first-order chi connectivity index (χ1) is 7.61. The van der Waals surface area contributed by atoms with Crippen LogP contribution in [0.5, 0.6) is 5.75 Å². The van der Waals surface area contributed by atoms with Crippen LogP contribution in [-0.2, 0) is 0 Å². The van der Waals surface area contributed by atoms with Crippen LogP contribution in [-0.4, -0.2) is 25.7 Å². The van der Waals surface area contributed by atoms with Gasteiger partial charge in [0.2, 0.25) is 0 Å². The number of halogens is 2. The smallest absolute Gasteiger partial charge is 0.188 e. The van der Waals surface area contributed by atoms with E-state index in [-0.39, 0.29) is 30.1 Å². The van der Waals surface area contributed by atoms with Crippen LogP contribution in [0.2, 0.25) is 5.02 Å². The Kier molecular flexibility index (Phi) is 8.07. The molecule has 0 fully saturated rings. The molecule has 1 aromatic rings. The van der Waals surface area contributed by atoms with E-state index in [4.69, 9.17) is 22.1 Å². The SMILES string of the molecule is CN=C(N)NCC(C)Oc1cccc(Cl)c1.I. The fraction of sp³-hybridized carbons (Fsp3) is 0.364. The molecule has 96 valence electrons. The Morgan fingerprint density at radius 3 is 2.88 bits per heavy atom. The van der Waals surface area contributed by atoms with E-state index in [9.17, 15) is 0 Å². The van der Waals surface area contributed by atoms with Crippen molar-refractivity contribution in [2.45, 2.75) is 13.0 Å². The fourth-order valence-corrected chi connectivity index (χ4v) is 1.32. The van der Waals surface area contributed by atoms with E-state index >= 15 is 0 Å². The van der Waals surface area contributed by atoms with E-state index in [1.54, 1.807) is 19.2 Å². The summed E-state index contributed by atoms with van der Waals surface area (Å²) < 4.78 is 5.63. The molecule has 0 heterocycles. The first-order valence-electron chi connectivity index (χ1n) is 5.00. The molecule has 1 unspecified atom stereocenters. The van der Waals surface area contributed by atoms with Gasteiger partial charge in [0, 0.05) is 12.1 Å². The van der Waals surface area contributed by atoms with Gasteiger partial charge in [-0.05, 0) is 25.1 Å². The quantitative estimate of drug-likeness (QED) is 0.486. The number of nitrogens with one attached hydrogen (secondary N) is 1. The van der Waals surface area contributed by atoms with E-state index in [2.05, 4.69) is 10.3 Å². The minimum absolute atomic E-state index is 0. The number of nitrogens with two attached hydrogens (primary N) is 1. The third-order valence-corrected chi connectivity index (χ3v) is 2.18. The molecule has 1 aromatic carbocycles. The monoisotopic (exact) mass is 369 g/mol. The second kappa shape index (κ2) is 8.41. The molecule has 0 bridgehead atoms. The van der Waals surface area contributed by atoms with Crippen LogP contribution in [0.3, 0.4) is 0 Å². The third-order valence-electron chi connectivity index (χ3n) is 1.94. The number of hydrogen-bond donors (Lipinski definition) is 2. The highest BCUT2D eigenvalue weighted by atomic mass is 127. The van der Waals surface area contributed by atoms with Gasteiger partial charge in [0.1, 0.15) is 11.9 Å². The van der Waals surface area contributed by atoms with Crippen molar-refractivity contribution in [2.24, 2.45) is 10.7 Å².